The van der Waals surface area contributed by atoms with Crippen molar-refractivity contribution in [3.63, 3.8) is 0 Å². The van der Waals surface area contributed by atoms with Crippen LogP contribution in [-0.4, -0.2) is 34.4 Å². The van der Waals surface area contributed by atoms with Gasteiger partial charge in [0.15, 0.2) is 0 Å². The molecular weight excluding hydrogens is 370 g/mol. The van der Waals surface area contributed by atoms with Gasteiger partial charge in [0.2, 0.25) is 5.91 Å². The SMILES string of the molecule is COc1ccc(OC)c(NC(=O)CCC2=NS(=O)(=O)c3ccccc3N2)c1. The fraction of sp³-hybridized carbons (Fsp3) is 0.222. The maximum atomic E-state index is 12.3. The molecule has 0 aromatic heterocycles. The molecule has 142 valence electrons. The van der Waals surface area contributed by atoms with E-state index in [0.717, 1.165) is 0 Å². The molecule has 8 nitrogen and oxygen atoms in total. The Labute approximate surface area is 157 Å². The van der Waals surface area contributed by atoms with Crippen LogP contribution in [0.5, 0.6) is 11.5 Å². The number of ether oxygens (including phenoxy) is 2. The fourth-order valence-electron chi connectivity index (χ4n) is 2.63. The minimum absolute atomic E-state index is 0.0455. The number of methoxy groups -OCH3 is 2. The smallest absolute Gasteiger partial charge is 0.286 e. The predicted molar refractivity (Wildman–Crippen MR) is 102 cm³/mol. The minimum atomic E-state index is -3.76. The first kappa shape index (κ1) is 18.7. The van der Waals surface area contributed by atoms with Gasteiger partial charge in [-0.1, -0.05) is 12.1 Å². The highest BCUT2D eigenvalue weighted by Crippen LogP contribution is 2.30. The van der Waals surface area contributed by atoms with Crippen LogP contribution in [0.1, 0.15) is 12.8 Å². The monoisotopic (exact) mass is 389 g/mol. The number of carbonyl (C=O) groups excluding carboxylic acids is 1. The van der Waals surface area contributed by atoms with Gasteiger partial charge in [0.25, 0.3) is 10.0 Å². The molecule has 0 atom stereocenters. The van der Waals surface area contributed by atoms with Gasteiger partial charge in [-0.2, -0.15) is 8.42 Å². The third kappa shape index (κ3) is 4.20. The van der Waals surface area contributed by atoms with Crippen LogP contribution in [0.15, 0.2) is 51.8 Å². The molecule has 0 aliphatic carbocycles. The van der Waals surface area contributed by atoms with Crippen molar-refractivity contribution in [1.82, 2.24) is 0 Å². The first-order chi connectivity index (χ1) is 12.9. The summed E-state index contributed by atoms with van der Waals surface area (Å²) in [7, 11) is -0.734. The van der Waals surface area contributed by atoms with Gasteiger partial charge in [0.05, 0.1) is 25.6 Å². The third-order valence-electron chi connectivity index (χ3n) is 3.94. The Morgan fingerprint density at radius 3 is 2.67 bits per heavy atom. The molecule has 1 amide bonds. The number of amides is 1. The number of nitrogens with one attached hydrogen (secondary N) is 2. The average molecular weight is 389 g/mol. The summed E-state index contributed by atoms with van der Waals surface area (Å²) in [5.74, 6) is 0.990. The normalized spacial score (nSPS) is 14.4. The number of para-hydroxylation sites is 1. The van der Waals surface area contributed by atoms with E-state index in [1.165, 1.54) is 20.3 Å². The number of hydrogen-bond donors (Lipinski definition) is 2. The lowest BCUT2D eigenvalue weighted by Crippen LogP contribution is -2.23. The van der Waals surface area contributed by atoms with E-state index in [0.29, 0.717) is 22.9 Å². The summed E-state index contributed by atoms with van der Waals surface area (Å²) in [5, 5.41) is 5.70. The standard InChI is InChI=1S/C18H19N3O5S/c1-25-12-7-8-15(26-2)14(11-12)20-18(22)10-9-17-19-13-5-3-4-6-16(13)27(23,24)21-17/h3-8,11H,9-10H2,1-2H3,(H,19,21)(H,20,22). The summed E-state index contributed by atoms with van der Waals surface area (Å²) in [4.78, 5) is 12.4. The van der Waals surface area contributed by atoms with Crippen molar-refractivity contribution < 1.29 is 22.7 Å². The Balaban J connectivity index is 1.68. The zero-order chi connectivity index (χ0) is 19.4. The third-order valence-corrected chi connectivity index (χ3v) is 5.32. The van der Waals surface area contributed by atoms with Gasteiger partial charge in [-0.3, -0.25) is 4.79 Å². The van der Waals surface area contributed by atoms with Crippen molar-refractivity contribution >= 4 is 33.1 Å². The molecule has 0 spiro atoms. The van der Waals surface area contributed by atoms with E-state index in [9.17, 15) is 13.2 Å². The molecule has 1 aliphatic rings. The average Bonchev–Trinajstić information content (AvgIpc) is 2.66. The van der Waals surface area contributed by atoms with Gasteiger partial charge >= 0.3 is 0 Å². The first-order valence-electron chi connectivity index (χ1n) is 8.14. The van der Waals surface area contributed by atoms with Gasteiger partial charge in [-0.05, 0) is 24.3 Å². The van der Waals surface area contributed by atoms with Crippen molar-refractivity contribution in [3.05, 3.63) is 42.5 Å². The van der Waals surface area contributed by atoms with Crippen LogP contribution < -0.4 is 20.1 Å². The zero-order valence-electron chi connectivity index (χ0n) is 14.9. The van der Waals surface area contributed by atoms with Gasteiger partial charge < -0.3 is 20.1 Å². The van der Waals surface area contributed by atoms with E-state index in [2.05, 4.69) is 15.0 Å². The second-order valence-corrected chi connectivity index (χ2v) is 7.32. The second-order valence-electron chi connectivity index (χ2n) is 5.75. The van der Waals surface area contributed by atoms with Crippen LogP contribution in [0.4, 0.5) is 11.4 Å². The molecule has 0 saturated heterocycles. The lowest BCUT2D eigenvalue weighted by atomic mass is 10.2. The highest BCUT2D eigenvalue weighted by molar-refractivity contribution is 7.90. The van der Waals surface area contributed by atoms with Crippen LogP contribution in [-0.2, 0) is 14.8 Å². The molecule has 1 aliphatic heterocycles. The van der Waals surface area contributed by atoms with Crippen LogP contribution >= 0.6 is 0 Å². The summed E-state index contributed by atoms with van der Waals surface area (Å²) in [6.07, 6.45) is 0.190. The molecule has 0 saturated carbocycles. The second kappa shape index (κ2) is 7.67. The molecule has 0 unspecified atom stereocenters. The van der Waals surface area contributed by atoms with Crippen molar-refractivity contribution in [2.45, 2.75) is 17.7 Å². The maximum absolute atomic E-state index is 12.3. The molecule has 9 heteroatoms. The number of nitrogens with zero attached hydrogens (tertiary/aromatic N) is 1. The van der Waals surface area contributed by atoms with Gasteiger partial charge in [-0.25, -0.2) is 0 Å². The highest BCUT2D eigenvalue weighted by Gasteiger charge is 2.24. The Bertz CT molecular complexity index is 1000. The summed E-state index contributed by atoms with van der Waals surface area (Å²) < 4.78 is 38.5. The summed E-state index contributed by atoms with van der Waals surface area (Å²) in [6, 6.07) is 11.6. The topological polar surface area (TPSA) is 106 Å². The molecule has 0 bridgehead atoms. The van der Waals surface area contributed by atoms with E-state index in [-0.39, 0.29) is 29.5 Å². The number of fused-ring (bicyclic) bond motifs is 1. The summed E-state index contributed by atoms with van der Waals surface area (Å²) in [6.45, 7) is 0. The molecule has 3 rings (SSSR count). The van der Waals surface area contributed by atoms with E-state index in [4.69, 9.17) is 9.47 Å². The number of carbonyl (C=O) groups is 1. The van der Waals surface area contributed by atoms with Gasteiger partial charge in [-0.15, -0.1) is 4.40 Å². The molecule has 0 radical (unpaired) electrons. The molecule has 2 N–H and O–H groups in total. The first-order valence-corrected chi connectivity index (χ1v) is 9.59. The van der Waals surface area contributed by atoms with E-state index in [1.807, 2.05) is 0 Å². The van der Waals surface area contributed by atoms with Crippen molar-refractivity contribution in [2.75, 3.05) is 24.9 Å². The summed E-state index contributed by atoms with van der Waals surface area (Å²) >= 11 is 0. The lowest BCUT2D eigenvalue weighted by molar-refractivity contribution is -0.116. The summed E-state index contributed by atoms with van der Waals surface area (Å²) in [5.41, 5.74) is 0.927. The molecule has 27 heavy (non-hydrogen) atoms. The Morgan fingerprint density at radius 1 is 1.15 bits per heavy atom. The number of anilines is 2. The van der Waals surface area contributed by atoms with Crippen LogP contribution in [0.25, 0.3) is 0 Å². The number of amidine groups is 1. The van der Waals surface area contributed by atoms with Crippen LogP contribution in [0, 0.1) is 0 Å². The highest BCUT2D eigenvalue weighted by atomic mass is 32.2. The van der Waals surface area contributed by atoms with E-state index in [1.54, 1.807) is 36.4 Å². The van der Waals surface area contributed by atoms with Crippen molar-refractivity contribution in [2.24, 2.45) is 4.40 Å². The molecule has 1 heterocycles. The fourth-order valence-corrected chi connectivity index (χ4v) is 3.80. The van der Waals surface area contributed by atoms with E-state index >= 15 is 0 Å². The van der Waals surface area contributed by atoms with Gasteiger partial charge in [0.1, 0.15) is 22.2 Å². The zero-order valence-corrected chi connectivity index (χ0v) is 15.7. The molecular formula is C18H19N3O5S. The van der Waals surface area contributed by atoms with Crippen LogP contribution in [0.3, 0.4) is 0 Å². The lowest BCUT2D eigenvalue weighted by Gasteiger charge is -2.18. The maximum Gasteiger partial charge on any atom is 0.286 e. The number of sulfonamides is 1. The van der Waals surface area contributed by atoms with Crippen molar-refractivity contribution in [3.8, 4) is 11.5 Å². The van der Waals surface area contributed by atoms with Crippen LogP contribution in [0.2, 0.25) is 0 Å². The molecule has 0 fully saturated rings. The predicted octanol–water partition coefficient (Wildman–Crippen LogP) is 2.64. The molecule has 2 aromatic rings. The Kier molecular flexibility index (Phi) is 5.31. The molecule has 2 aromatic carbocycles. The quantitative estimate of drug-likeness (QED) is 0.787. The van der Waals surface area contributed by atoms with Crippen molar-refractivity contribution in [1.29, 1.82) is 0 Å². The number of benzene rings is 2. The Hall–Kier alpha value is -3.07. The Morgan fingerprint density at radius 2 is 1.93 bits per heavy atom. The number of hydrogen-bond acceptors (Lipinski definition) is 6. The number of rotatable bonds is 6. The van der Waals surface area contributed by atoms with E-state index < -0.39 is 10.0 Å². The van der Waals surface area contributed by atoms with Gasteiger partial charge in [0, 0.05) is 18.9 Å². The largest absolute Gasteiger partial charge is 0.497 e. The minimum Gasteiger partial charge on any atom is -0.497 e.